The van der Waals surface area contributed by atoms with Crippen molar-refractivity contribution >= 4 is 45.2 Å². The molecule has 5 heteroatoms. The summed E-state index contributed by atoms with van der Waals surface area (Å²) in [7, 11) is 0. The average molecular weight is 405 g/mol. The quantitative estimate of drug-likeness (QED) is 0.657. The Hall–Kier alpha value is -2.15. The van der Waals surface area contributed by atoms with E-state index in [9.17, 15) is 9.59 Å². The molecule has 0 fully saturated rings. The fourth-order valence-electron chi connectivity index (χ4n) is 2.19. The first-order valence-electron chi connectivity index (χ1n) is 6.65. The zero-order chi connectivity index (χ0) is 15.7. The SMILES string of the molecule is Cc1cccc2c(=O)cc(C(=O)Nc3cccc(I)c3)oc12. The number of hydrogen-bond acceptors (Lipinski definition) is 3. The molecule has 0 aliphatic rings. The molecule has 0 aliphatic carbocycles. The molecule has 0 bridgehead atoms. The summed E-state index contributed by atoms with van der Waals surface area (Å²) in [6, 6.07) is 13.9. The van der Waals surface area contributed by atoms with E-state index in [1.807, 2.05) is 31.2 Å². The minimum Gasteiger partial charge on any atom is -0.450 e. The molecule has 4 nitrogen and oxygen atoms in total. The summed E-state index contributed by atoms with van der Waals surface area (Å²) >= 11 is 2.16. The molecule has 3 aromatic rings. The first-order valence-corrected chi connectivity index (χ1v) is 7.73. The fraction of sp³-hybridized carbons (Fsp3) is 0.0588. The Morgan fingerprint density at radius 3 is 2.68 bits per heavy atom. The van der Waals surface area contributed by atoms with Gasteiger partial charge >= 0.3 is 0 Å². The maximum Gasteiger partial charge on any atom is 0.291 e. The number of halogens is 1. The summed E-state index contributed by atoms with van der Waals surface area (Å²) < 4.78 is 6.63. The molecule has 0 aliphatic heterocycles. The molecule has 0 unspecified atom stereocenters. The number of benzene rings is 2. The predicted octanol–water partition coefficient (Wildman–Crippen LogP) is 3.96. The zero-order valence-corrected chi connectivity index (χ0v) is 13.9. The van der Waals surface area contributed by atoms with Gasteiger partial charge in [0.2, 0.25) is 0 Å². The number of carbonyl (C=O) groups excluding carboxylic acids is 1. The fourth-order valence-corrected chi connectivity index (χ4v) is 2.73. The van der Waals surface area contributed by atoms with Crippen LogP contribution in [0.25, 0.3) is 11.0 Å². The van der Waals surface area contributed by atoms with E-state index in [0.717, 1.165) is 9.13 Å². The Morgan fingerprint density at radius 1 is 1.14 bits per heavy atom. The molecule has 0 atom stereocenters. The maximum absolute atomic E-state index is 12.3. The molecule has 22 heavy (non-hydrogen) atoms. The van der Waals surface area contributed by atoms with Crippen molar-refractivity contribution < 1.29 is 9.21 Å². The third-order valence-electron chi connectivity index (χ3n) is 3.26. The highest BCUT2D eigenvalue weighted by atomic mass is 127. The van der Waals surface area contributed by atoms with Crippen LogP contribution < -0.4 is 10.7 Å². The number of rotatable bonds is 2. The van der Waals surface area contributed by atoms with Crippen LogP contribution in [0.1, 0.15) is 16.1 Å². The largest absolute Gasteiger partial charge is 0.450 e. The minimum absolute atomic E-state index is 0.00524. The third-order valence-corrected chi connectivity index (χ3v) is 3.93. The molecule has 110 valence electrons. The number of amides is 1. The Balaban J connectivity index is 2.01. The van der Waals surface area contributed by atoms with Crippen molar-refractivity contribution in [3.05, 3.63) is 73.6 Å². The summed E-state index contributed by atoms with van der Waals surface area (Å²) in [6.45, 7) is 1.84. The van der Waals surface area contributed by atoms with Crippen LogP contribution in [0.5, 0.6) is 0 Å². The molecular weight excluding hydrogens is 393 g/mol. The second kappa shape index (κ2) is 5.92. The zero-order valence-electron chi connectivity index (χ0n) is 11.7. The molecule has 1 amide bonds. The number of carbonyl (C=O) groups is 1. The van der Waals surface area contributed by atoms with Crippen molar-refractivity contribution in [2.24, 2.45) is 0 Å². The Labute approximate surface area is 140 Å². The van der Waals surface area contributed by atoms with E-state index in [1.165, 1.54) is 6.07 Å². The maximum atomic E-state index is 12.3. The van der Waals surface area contributed by atoms with Crippen LogP contribution in [0.3, 0.4) is 0 Å². The minimum atomic E-state index is -0.441. The first kappa shape index (κ1) is 14.8. The third kappa shape index (κ3) is 2.89. The number of nitrogens with one attached hydrogen (secondary N) is 1. The van der Waals surface area contributed by atoms with Crippen molar-refractivity contribution in [3.63, 3.8) is 0 Å². The van der Waals surface area contributed by atoms with Crippen molar-refractivity contribution in [2.75, 3.05) is 5.32 Å². The van der Waals surface area contributed by atoms with E-state index in [4.69, 9.17) is 4.42 Å². The van der Waals surface area contributed by atoms with Gasteiger partial charge in [-0.3, -0.25) is 9.59 Å². The number of para-hydroxylation sites is 1. The van der Waals surface area contributed by atoms with Gasteiger partial charge in [0.15, 0.2) is 11.2 Å². The molecule has 2 aromatic carbocycles. The van der Waals surface area contributed by atoms with Gasteiger partial charge in [0.05, 0.1) is 5.39 Å². The van der Waals surface area contributed by atoms with Crippen LogP contribution in [-0.4, -0.2) is 5.91 Å². The lowest BCUT2D eigenvalue weighted by Gasteiger charge is -2.07. The Kier molecular flexibility index (Phi) is 3.98. The molecule has 0 spiro atoms. The van der Waals surface area contributed by atoms with Gasteiger partial charge in [0, 0.05) is 15.3 Å². The van der Waals surface area contributed by atoms with E-state index >= 15 is 0 Å². The lowest BCUT2D eigenvalue weighted by molar-refractivity contribution is 0.0997. The molecule has 0 saturated carbocycles. The van der Waals surface area contributed by atoms with Crippen molar-refractivity contribution in [2.45, 2.75) is 6.92 Å². The van der Waals surface area contributed by atoms with E-state index in [-0.39, 0.29) is 11.2 Å². The first-order chi connectivity index (χ1) is 10.5. The van der Waals surface area contributed by atoms with Crippen LogP contribution in [0.4, 0.5) is 5.69 Å². The van der Waals surface area contributed by atoms with E-state index in [2.05, 4.69) is 27.9 Å². The van der Waals surface area contributed by atoms with Gasteiger partial charge in [-0.2, -0.15) is 0 Å². The monoisotopic (exact) mass is 405 g/mol. The molecule has 3 rings (SSSR count). The molecular formula is C17H12INO3. The number of aryl methyl sites for hydroxylation is 1. The predicted molar refractivity (Wildman–Crippen MR) is 94.3 cm³/mol. The molecule has 0 saturated heterocycles. The lowest BCUT2D eigenvalue weighted by atomic mass is 10.1. The normalized spacial score (nSPS) is 10.6. The summed E-state index contributed by atoms with van der Waals surface area (Å²) in [5.41, 5.74) is 1.70. The Morgan fingerprint density at radius 2 is 1.91 bits per heavy atom. The molecule has 1 aromatic heterocycles. The van der Waals surface area contributed by atoms with E-state index in [0.29, 0.717) is 16.7 Å². The summed E-state index contributed by atoms with van der Waals surface area (Å²) in [6.07, 6.45) is 0. The lowest BCUT2D eigenvalue weighted by Crippen LogP contribution is -2.15. The van der Waals surface area contributed by atoms with Crippen LogP contribution in [0.2, 0.25) is 0 Å². The van der Waals surface area contributed by atoms with Gasteiger partial charge in [0.1, 0.15) is 5.58 Å². The van der Waals surface area contributed by atoms with E-state index in [1.54, 1.807) is 18.2 Å². The van der Waals surface area contributed by atoms with Gasteiger partial charge in [0.25, 0.3) is 5.91 Å². The second-order valence-corrected chi connectivity index (χ2v) is 6.14. The average Bonchev–Trinajstić information content (AvgIpc) is 2.48. The highest BCUT2D eigenvalue weighted by molar-refractivity contribution is 14.1. The van der Waals surface area contributed by atoms with Crippen molar-refractivity contribution in [1.29, 1.82) is 0 Å². The van der Waals surface area contributed by atoms with Gasteiger partial charge in [-0.1, -0.05) is 18.2 Å². The van der Waals surface area contributed by atoms with Crippen molar-refractivity contribution in [3.8, 4) is 0 Å². The van der Waals surface area contributed by atoms with Crippen LogP contribution in [0.15, 0.2) is 57.7 Å². The van der Waals surface area contributed by atoms with Crippen LogP contribution >= 0.6 is 22.6 Å². The summed E-state index contributed by atoms with van der Waals surface area (Å²) in [5, 5.41) is 3.21. The number of anilines is 1. The van der Waals surface area contributed by atoms with Crippen LogP contribution in [0, 0.1) is 10.5 Å². The topological polar surface area (TPSA) is 59.3 Å². The standard InChI is InChI=1S/C17H12INO3/c1-10-4-2-7-13-14(20)9-15(22-16(10)13)17(21)19-12-6-3-5-11(18)8-12/h2-9H,1H3,(H,19,21). The molecule has 1 N–H and O–H groups in total. The van der Waals surface area contributed by atoms with Crippen molar-refractivity contribution in [1.82, 2.24) is 0 Å². The Bertz CT molecular complexity index is 931. The second-order valence-electron chi connectivity index (χ2n) is 4.89. The summed E-state index contributed by atoms with van der Waals surface area (Å²) in [5.74, 6) is -0.435. The number of hydrogen-bond donors (Lipinski definition) is 1. The molecule has 0 radical (unpaired) electrons. The van der Waals surface area contributed by atoms with Gasteiger partial charge in [-0.25, -0.2) is 0 Å². The van der Waals surface area contributed by atoms with Gasteiger partial charge < -0.3 is 9.73 Å². The van der Waals surface area contributed by atoms with E-state index < -0.39 is 5.91 Å². The number of fused-ring (bicyclic) bond motifs is 1. The molecule has 1 heterocycles. The summed E-state index contributed by atoms with van der Waals surface area (Å²) in [4.78, 5) is 24.4. The highest BCUT2D eigenvalue weighted by Crippen LogP contribution is 2.18. The highest BCUT2D eigenvalue weighted by Gasteiger charge is 2.13. The van der Waals surface area contributed by atoms with Gasteiger partial charge in [-0.05, 0) is 59.3 Å². The smallest absolute Gasteiger partial charge is 0.291 e. The van der Waals surface area contributed by atoms with Gasteiger partial charge in [-0.15, -0.1) is 0 Å². The van der Waals surface area contributed by atoms with Crippen LogP contribution in [-0.2, 0) is 0 Å².